The summed E-state index contributed by atoms with van der Waals surface area (Å²) in [4.78, 5) is 3.95. The third-order valence-corrected chi connectivity index (χ3v) is 3.81. The molecule has 3 rings (SSSR count). The second-order valence-corrected chi connectivity index (χ2v) is 5.44. The number of rotatable bonds is 4. The number of nitrogens with one attached hydrogen (secondary N) is 1. The van der Waals surface area contributed by atoms with Crippen molar-refractivity contribution in [2.75, 3.05) is 5.32 Å². The molecule has 1 aromatic heterocycles. The monoisotopic (exact) mass is 272 g/mol. The molecule has 106 valence electrons. The predicted molar refractivity (Wildman–Crippen MR) is 77.5 cm³/mol. The molecule has 1 aromatic carbocycles. The number of nitrogens with zero attached hydrogens (tertiary/aromatic N) is 3. The van der Waals surface area contributed by atoms with Crippen LogP contribution in [0.2, 0.25) is 0 Å². The van der Waals surface area contributed by atoms with Crippen molar-refractivity contribution in [2.24, 2.45) is 0 Å². The molecule has 2 N–H and O–H groups in total. The summed E-state index contributed by atoms with van der Waals surface area (Å²) in [6.07, 6.45) is 7.04. The van der Waals surface area contributed by atoms with Crippen molar-refractivity contribution in [3.05, 3.63) is 42.5 Å². The van der Waals surface area contributed by atoms with Crippen LogP contribution in [0.3, 0.4) is 0 Å². The summed E-state index contributed by atoms with van der Waals surface area (Å²) in [5.74, 6) is 0. The molecule has 0 bridgehead atoms. The zero-order valence-electron chi connectivity index (χ0n) is 11.4. The highest BCUT2D eigenvalue weighted by Crippen LogP contribution is 2.22. The van der Waals surface area contributed by atoms with E-state index < -0.39 is 0 Å². The van der Waals surface area contributed by atoms with Gasteiger partial charge in [0.2, 0.25) is 0 Å². The largest absolute Gasteiger partial charge is 0.393 e. The fraction of sp³-hybridized carbons (Fsp3) is 0.467. The molecule has 0 unspecified atom stereocenters. The van der Waals surface area contributed by atoms with E-state index in [-0.39, 0.29) is 6.10 Å². The molecule has 20 heavy (non-hydrogen) atoms. The number of hydrogen-bond donors (Lipinski definition) is 2. The molecule has 1 heterocycles. The number of aromatic nitrogens is 3. The minimum absolute atomic E-state index is 0.105. The molecule has 5 nitrogen and oxygen atoms in total. The molecule has 0 spiro atoms. The standard InChI is InChI=1S/C15H20N4O/c20-15-6-4-13(5-7-15)18-14-3-1-2-12(8-14)9-19-11-16-10-17-19/h1-3,8,10-11,13,15,18,20H,4-7,9H2. The molecular weight excluding hydrogens is 252 g/mol. The van der Waals surface area contributed by atoms with E-state index >= 15 is 0 Å². The molecule has 1 aliphatic rings. The van der Waals surface area contributed by atoms with Crippen LogP contribution in [0.5, 0.6) is 0 Å². The topological polar surface area (TPSA) is 63.0 Å². The van der Waals surface area contributed by atoms with Crippen LogP contribution in [0.25, 0.3) is 0 Å². The van der Waals surface area contributed by atoms with Crippen LogP contribution in [-0.2, 0) is 6.54 Å². The highest BCUT2D eigenvalue weighted by Gasteiger charge is 2.18. The van der Waals surface area contributed by atoms with E-state index in [0.29, 0.717) is 6.04 Å². The van der Waals surface area contributed by atoms with Crippen molar-refractivity contribution in [3.8, 4) is 0 Å². The molecule has 1 saturated carbocycles. The lowest BCUT2D eigenvalue weighted by atomic mass is 9.93. The maximum atomic E-state index is 9.54. The van der Waals surface area contributed by atoms with Gasteiger partial charge < -0.3 is 10.4 Å². The molecule has 0 aliphatic heterocycles. The minimum atomic E-state index is -0.105. The van der Waals surface area contributed by atoms with Gasteiger partial charge in [0.25, 0.3) is 0 Å². The lowest BCUT2D eigenvalue weighted by Crippen LogP contribution is -2.28. The molecule has 0 amide bonds. The Hall–Kier alpha value is -1.88. The maximum Gasteiger partial charge on any atom is 0.137 e. The molecule has 5 heteroatoms. The quantitative estimate of drug-likeness (QED) is 0.894. The van der Waals surface area contributed by atoms with E-state index in [1.807, 2.05) is 4.68 Å². The van der Waals surface area contributed by atoms with Crippen LogP contribution < -0.4 is 5.32 Å². The first-order valence-electron chi connectivity index (χ1n) is 7.15. The van der Waals surface area contributed by atoms with Crippen molar-refractivity contribution in [2.45, 2.75) is 44.4 Å². The molecule has 2 aromatic rings. The lowest BCUT2D eigenvalue weighted by molar-refractivity contribution is 0.126. The summed E-state index contributed by atoms with van der Waals surface area (Å²) in [6, 6.07) is 8.88. The van der Waals surface area contributed by atoms with Gasteiger partial charge in [0.05, 0.1) is 12.6 Å². The SMILES string of the molecule is OC1CCC(Nc2cccc(Cn3cncn3)c2)CC1. The Morgan fingerprint density at radius 1 is 1.25 bits per heavy atom. The normalized spacial score (nSPS) is 22.6. The maximum absolute atomic E-state index is 9.54. The number of anilines is 1. The van der Waals surface area contributed by atoms with Gasteiger partial charge in [-0.1, -0.05) is 12.1 Å². The molecule has 1 fully saturated rings. The van der Waals surface area contributed by atoms with Crippen molar-refractivity contribution >= 4 is 5.69 Å². The Labute approximate surface area is 118 Å². The van der Waals surface area contributed by atoms with Gasteiger partial charge in [-0.3, -0.25) is 0 Å². The van der Waals surface area contributed by atoms with Crippen molar-refractivity contribution in [1.82, 2.24) is 14.8 Å². The van der Waals surface area contributed by atoms with Gasteiger partial charge in [-0.15, -0.1) is 0 Å². The highest BCUT2D eigenvalue weighted by molar-refractivity contribution is 5.46. The van der Waals surface area contributed by atoms with Crippen molar-refractivity contribution in [3.63, 3.8) is 0 Å². The van der Waals surface area contributed by atoms with Crippen molar-refractivity contribution in [1.29, 1.82) is 0 Å². The van der Waals surface area contributed by atoms with E-state index in [1.54, 1.807) is 12.7 Å². The number of aliphatic hydroxyl groups excluding tert-OH is 1. The Morgan fingerprint density at radius 3 is 2.85 bits per heavy atom. The van der Waals surface area contributed by atoms with Gasteiger partial charge in [-0.2, -0.15) is 5.10 Å². The second kappa shape index (κ2) is 6.05. The average molecular weight is 272 g/mol. The Balaban J connectivity index is 1.62. The zero-order valence-corrected chi connectivity index (χ0v) is 11.4. The van der Waals surface area contributed by atoms with Crippen molar-refractivity contribution < 1.29 is 5.11 Å². The summed E-state index contributed by atoms with van der Waals surface area (Å²) >= 11 is 0. The van der Waals surface area contributed by atoms with Gasteiger partial charge in [0, 0.05) is 11.7 Å². The summed E-state index contributed by atoms with van der Waals surface area (Å²) in [7, 11) is 0. The third-order valence-electron chi connectivity index (χ3n) is 3.81. The van der Waals surface area contributed by atoms with Crippen LogP contribution in [0.1, 0.15) is 31.2 Å². The first-order valence-corrected chi connectivity index (χ1v) is 7.15. The Kier molecular flexibility index (Phi) is 3.97. The van der Waals surface area contributed by atoms with Gasteiger partial charge in [-0.05, 0) is 43.4 Å². The predicted octanol–water partition coefficient (Wildman–Crippen LogP) is 2.04. The van der Waals surface area contributed by atoms with Crippen LogP contribution in [-0.4, -0.2) is 32.0 Å². The number of hydrogen-bond acceptors (Lipinski definition) is 4. The Morgan fingerprint density at radius 2 is 2.10 bits per heavy atom. The van der Waals surface area contributed by atoms with Gasteiger partial charge in [-0.25, -0.2) is 9.67 Å². The first-order chi connectivity index (χ1) is 9.79. The molecular formula is C15H20N4O. The smallest absolute Gasteiger partial charge is 0.137 e. The minimum Gasteiger partial charge on any atom is -0.393 e. The first kappa shape index (κ1) is 13.1. The van der Waals surface area contributed by atoms with E-state index in [2.05, 4.69) is 39.7 Å². The average Bonchev–Trinajstić information content (AvgIpc) is 2.95. The summed E-state index contributed by atoms with van der Waals surface area (Å²) in [5.41, 5.74) is 2.35. The number of aliphatic hydroxyl groups is 1. The van der Waals surface area contributed by atoms with Crippen LogP contribution in [0.4, 0.5) is 5.69 Å². The fourth-order valence-corrected chi connectivity index (χ4v) is 2.72. The van der Waals surface area contributed by atoms with E-state index in [4.69, 9.17) is 0 Å². The second-order valence-electron chi connectivity index (χ2n) is 5.44. The van der Waals surface area contributed by atoms with E-state index in [9.17, 15) is 5.11 Å². The summed E-state index contributed by atoms with van der Waals surface area (Å²) in [6.45, 7) is 0.735. The van der Waals surface area contributed by atoms with E-state index in [0.717, 1.165) is 37.9 Å². The molecule has 1 aliphatic carbocycles. The van der Waals surface area contributed by atoms with E-state index in [1.165, 1.54) is 5.56 Å². The molecule has 0 saturated heterocycles. The van der Waals surface area contributed by atoms with Gasteiger partial charge in [0.15, 0.2) is 0 Å². The summed E-state index contributed by atoms with van der Waals surface area (Å²) in [5, 5.41) is 17.2. The van der Waals surface area contributed by atoms with Gasteiger partial charge in [0.1, 0.15) is 12.7 Å². The molecule has 0 atom stereocenters. The zero-order chi connectivity index (χ0) is 13.8. The fourth-order valence-electron chi connectivity index (χ4n) is 2.72. The summed E-state index contributed by atoms with van der Waals surface area (Å²) < 4.78 is 1.82. The molecule has 0 radical (unpaired) electrons. The highest BCUT2D eigenvalue weighted by atomic mass is 16.3. The number of benzene rings is 1. The Bertz CT molecular complexity index is 533. The van der Waals surface area contributed by atoms with Crippen LogP contribution >= 0.6 is 0 Å². The van der Waals surface area contributed by atoms with Gasteiger partial charge >= 0.3 is 0 Å². The van der Waals surface area contributed by atoms with Crippen LogP contribution in [0, 0.1) is 0 Å². The third kappa shape index (κ3) is 3.36. The lowest BCUT2D eigenvalue weighted by Gasteiger charge is -2.27. The van der Waals surface area contributed by atoms with Crippen LogP contribution in [0.15, 0.2) is 36.9 Å².